The van der Waals surface area contributed by atoms with Crippen LogP contribution in [0.5, 0.6) is 0 Å². The fourth-order valence-electron chi connectivity index (χ4n) is 1.66. The molecule has 0 fully saturated rings. The van der Waals surface area contributed by atoms with E-state index in [9.17, 15) is 13.2 Å². The highest BCUT2D eigenvalue weighted by Crippen LogP contribution is 2.33. The van der Waals surface area contributed by atoms with E-state index in [0.29, 0.717) is 5.69 Å². The molecule has 0 aliphatic carbocycles. The zero-order valence-corrected chi connectivity index (χ0v) is 9.15. The van der Waals surface area contributed by atoms with E-state index in [4.69, 9.17) is 5.26 Å². The van der Waals surface area contributed by atoms with Crippen LogP contribution < -0.4 is 0 Å². The van der Waals surface area contributed by atoms with Crippen molar-refractivity contribution in [3.05, 3.63) is 47.8 Å². The first-order valence-corrected chi connectivity index (χ1v) is 5.10. The summed E-state index contributed by atoms with van der Waals surface area (Å²) < 4.78 is 39.8. The molecule has 1 aromatic heterocycles. The Morgan fingerprint density at radius 2 is 1.89 bits per heavy atom. The van der Waals surface area contributed by atoms with E-state index in [0.717, 1.165) is 10.9 Å². The molecule has 0 radical (unpaired) electrons. The van der Waals surface area contributed by atoms with Crippen LogP contribution in [0.4, 0.5) is 13.2 Å². The van der Waals surface area contributed by atoms with E-state index >= 15 is 0 Å². The molecule has 0 spiro atoms. The molecule has 0 bridgehead atoms. The van der Waals surface area contributed by atoms with Crippen molar-refractivity contribution >= 4 is 0 Å². The number of rotatable bonds is 2. The Hall–Kier alpha value is -2.29. The molecular weight excluding hydrogens is 243 g/mol. The minimum absolute atomic E-state index is 0.117. The predicted molar refractivity (Wildman–Crippen MR) is 57.9 cm³/mol. The summed E-state index contributed by atoms with van der Waals surface area (Å²) in [5.74, 6) is 0. The van der Waals surface area contributed by atoms with Crippen molar-refractivity contribution in [2.45, 2.75) is 12.6 Å². The van der Waals surface area contributed by atoms with Crippen LogP contribution in [0.2, 0.25) is 0 Å². The van der Waals surface area contributed by atoms with E-state index in [-0.39, 0.29) is 12.0 Å². The fourth-order valence-corrected chi connectivity index (χ4v) is 1.66. The molecule has 2 rings (SSSR count). The molecule has 92 valence electrons. The highest BCUT2D eigenvalue weighted by molar-refractivity contribution is 5.36. The number of aromatic nitrogens is 2. The Kier molecular flexibility index (Phi) is 3.06. The molecule has 1 heterocycles. The van der Waals surface area contributed by atoms with Gasteiger partial charge in [-0.25, -0.2) is 4.68 Å². The summed E-state index contributed by atoms with van der Waals surface area (Å²) in [5.41, 5.74) is -0.696. The third-order valence-electron chi connectivity index (χ3n) is 2.38. The summed E-state index contributed by atoms with van der Waals surface area (Å²) in [6, 6.07) is 9.72. The molecule has 0 atom stereocenters. The number of hydrogen-bond donors (Lipinski definition) is 0. The van der Waals surface area contributed by atoms with Crippen molar-refractivity contribution in [2.75, 3.05) is 0 Å². The lowest BCUT2D eigenvalue weighted by atomic mass is 10.2. The summed E-state index contributed by atoms with van der Waals surface area (Å²) in [4.78, 5) is 0. The van der Waals surface area contributed by atoms with Gasteiger partial charge in [-0.05, 0) is 12.1 Å². The molecule has 3 nitrogen and oxygen atoms in total. The van der Waals surface area contributed by atoms with Gasteiger partial charge in [0, 0.05) is 5.56 Å². The Morgan fingerprint density at radius 1 is 1.22 bits per heavy atom. The summed E-state index contributed by atoms with van der Waals surface area (Å²) in [5, 5.41) is 12.3. The van der Waals surface area contributed by atoms with Gasteiger partial charge in [0.05, 0.1) is 24.4 Å². The monoisotopic (exact) mass is 251 g/mol. The number of benzene rings is 1. The van der Waals surface area contributed by atoms with Gasteiger partial charge in [-0.1, -0.05) is 18.2 Å². The van der Waals surface area contributed by atoms with Crippen molar-refractivity contribution in [1.29, 1.82) is 5.26 Å². The first kappa shape index (κ1) is 12.2. The average molecular weight is 251 g/mol. The molecule has 0 unspecified atom stereocenters. The number of hydrogen-bond acceptors (Lipinski definition) is 2. The molecule has 0 saturated heterocycles. The highest BCUT2D eigenvalue weighted by Gasteiger charge is 2.38. The average Bonchev–Trinajstić information content (AvgIpc) is 2.74. The van der Waals surface area contributed by atoms with E-state index in [2.05, 4.69) is 5.10 Å². The standard InChI is InChI=1S/C12H8F3N3/c13-12(14,15)11-9(6-7-16)8-17-18(11)10-4-2-1-3-5-10/h1-5,8H,6H2. The second kappa shape index (κ2) is 4.53. The maximum atomic E-state index is 13.0. The summed E-state index contributed by atoms with van der Waals surface area (Å²) in [7, 11) is 0. The van der Waals surface area contributed by atoms with E-state index < -0.39 is 11.9 Å². The molecule has 0 saturated carbocycles. The predicted octanol–water partition coefficient (Wildman–Crippen LogP) is 2.96. The van der Waals surface area contributed by atoms with E-state index in [1.54, 1.807) is 24.3 Å². The third-order valence-corrected chi connectivity index (χ3v) is 2.38. The molecule has 0 amide bonds. The first-order valence-electron chi connectivity index (χ1n) is 5.10. The second-order valence-corrected chi connectivity index (χ2v) is 3.60. The first-order chi connectivity index (χ1) is 8.54. The molecular formula is C12H8F3N3. The quantitative estimate of drug-likeness (QED) is 0.823. The lowest BCUT2D eigenvalue weighted by Gasteiger charge is -2.11. The topological polar surface area (TPSA) is 41.6 Å². The van der Waals surface area contributed by atoms with Crippen LogP contribution in [0, 0.1) is 11.3 Å². The summed E-state index contributed by atoms with van der Waals surface area (Å²) >= 11 is 0. The zero-order valence-electron chi connectivity index (χ0n) is 9.15. The van der Waals surface area contributed by atoms with Gasteiger partial charge in [0.1, 0.15) is 0 Å². The Morgan fingerprint density at radius 3 is 2.44 bits per heavy atom. The largest absolute Gasteiger partial charge is 0.433 e. The summed E-state index contributed by atoms with van der Waals surface area (Å²) in [6.45, 7) is 0. The van der Waals surface area contributed by atoms with Crippen molar-refractivity contribution in [3.8, 4) is 11.8 Å². The van der Waals surface area contributed by atoms with Gasteiger partial charge in [0.25, 0.3) is 0 Å². The maximum absolute atomic E-state index is 13.0. The van der Waals surface area contributed by atoms with Crippen LogP contribution in [-0.2, 0) is 12.6 Å². The second-order valence-electron chi connectivity index (χ2n) is 3.60. The Bertz CT molecular complexity index is 579. The molecule has 18 heavy (non-hydrogen) atoms. The van der Waals surface area contributed by atoms with Gasteiger partial charge in [-0.2, -0.15) is 23.5 Å². The van der Waals surface area contributed by atoms with Crippen LogP contribution >= 0.6 is 0 Å². The van der Waals surface area contributed by atoms with Crippen LogP contribution in [0.1, 0.15) is 11.3 Å². The highest BCUT2D eigenvalue weighted by atomic mass is 19.4. The molecule has 0 aliphatic heterocycles. The normalized spacial score (nSPS) is 11.2. The Balaban J connectivity index is 2.60. The van der Waals surface area contributed by atoms with Gasteiger partial charge in [0.15, 0.2) is 5.69 Å². The van der Waals surface area contributed by atoms with Gasteiger partial charge in [-0.3, -0.25) is 0 Å². The number of halogens is 3. The van der Waals surface area contributed by atoms with Crippen LogP contribution in [-0.4, -0.2) is 9.78 Å². The van der Waals surface area contributed by atoms with Gasteiger partial charge in [0.2, 0.25) is 0 Å². The molecule has 2 aromatic rings. The fraction of sp³-hybridized carbons (Fsp3) is 0.167. The molecule has 0 N–H and O–H groups in total. The van der Waals surface area contributed by atoms with Crippen molar-refractivity contribution < 1.29 is 13.2 Å². The third kappa shape index (κ3) is 2.20. The van der Waals surface area contributed by atoms with Gasteiger partial charge >= 0.3 is 6.18 Å². The van der Waals surface area contributed by atoms with Gasteiger partial charge in [-0.15, -0.1) is 0 Å². The lowest BCUT2D eigenvalue weighted by Crippen LogP contribution is -2.15. The minimum atomic E-state index is -4.54. The maximum Gasteiger partial charge on any atom is 0.433 e. The number of para-hydroxylation sites is 1. The zero-order chi connectivity index (χ0) is 13.2. The van der Waals surface area contributed by atoms with Crippen molar-refractivity contribution in [1.82, 2.24) is 9.78 Å². The van der Waals surface area contributed by atoms with E-state index in [1.165, 1.54) is 12.1 Å². The van der Waals surface area contributed by atoms with Crippen molar-refractivity contribution in [3.63, 3.8) is 0 Å². The lowest BCUT2D eigenvalue weighted by molar-refractivity contribution is -0.143. The van der Waals surface area contributed by atoms with Crippen LogP contribution in [0.25, 0.3) is 5.69 Å². The van der Waals surface area contributed by atoms with Crippen LogP contribution in [0.15, 0.2) is 36.5 Å². The van der Waals surface area contributed by atoms with Gasteiger partial charge < -0.3 is 0 Å². The smallest absolute Gasteiger partial charge is 0.228 e. The van der Waals surface area contributed by atoms with Crippen LogP contribution in [0.3, 0.4) is 0 Å². The van der Waals surface area contributed by atoms with Crippen molar-refractivity contribution in [2.24, 2.45) is 0 Å². The van der Waals surface area contributed by atoms with E-state index in [1.807, 2.05) is 0 Å². The number of nitrogens with zero attached hydrogens (tertiary/aromatic N) is 3. The number of alkyl halides is 3. The Labute approximate surface area is 101 Å². The minimum Gasteiger partial charge on any atom is -0.228 e. The molecule has 0 aliphatic rings. The summed E-state index contributed by atoms with van der Waals surface area (Å²) in [6.07, 6.45) is -3.78. The number of nitriles is 1. The SMILES string of the molecule is N#CCc1cnn(-c2ccccc2)c1C(F)(F)F. The molecule has 1 aromatic carbocycles. The molecule has 6 heteroatoms.